The van der Waals surface area contributed by atoms with Gasteiger partial charge in [0.2, 0.25) is 5.91 Å². The molecule has 1 aliphatic carbocycles. The first-order valence-corrected chi connectivity index (χ1v) is 15.8. The Labute approximate surface area is 259 Å². The number of aliphatic hydroxyl groups is 2. The van der Waals surface area contributed by atoms with E-state index in [2.05, 4.69) is 4.90 Å². The first kappa shape index (κ1) is 31.4. The summed E-state index contributed by atoms with van der Waals surface area (Å²) in [5.74, 6) is -0.191. The van der Waals surface area contributed by atoms with E-state index in [4.69, 9.17) is 21.1 Å². The number of amides is 1. The summed E-state index contributed by atoms with van der Waals surface area (Å²) in [5, 5.41) is 23.6. The number of carbonyl (C=O) groups is 2. The van der Waals surface area contributed by atoms with Crippen molar-refractivity contribution in [1.29, 1.82) is 0 Å². The van der Waals surface area contributed by atoms with Gasteiger partial charge < -0.3 is 29.5 Å². The Morgan fingerprint density at radius 3 is 2.70 bits per heavy atom. The van der Waals surface area contributed by atoms with Crippen LogP contribution in [0.1, 0.15) is 61.6 Å². The molecule has 43 heavy (non-hydrogen) atoms. The highest BCUT2D eigenvalue weighted by atomic mass is 35.5. The number of ether oxygens (including phenoxy) is 2. The average molecular weight is 611 g/mol. The van der Waals surface area contributed by atoms with Crippen LogP contribution in [0.25, 0.3) is 0 Å². The van der Waals surface area contributed by atoms with Gasteiger partial charge in [-0.3, -0.25) is 4.79 Å². The van der Waals surface area contributed by atoms with E-state index in [0.717, 1.165) is 55.5 Å². The Kier molecular flexibility index (Phi) is 9.99. The van der Waals surface area contributed by atoms with E-state index < -0.39 is 24.1 Å². The molecular weight excluding hydrogens is 568 g/mol. The highest BCUT2D eigenvalue weighted by Crippen LogP contribution is 2.42. The summed E-state index contributed by atoms with van der Waals surface area (Å²) in [6, 6.07) is 11.1. The number of hydrogen-bond donors (Lipinski definition) is 2. The molecule has 2 aliphatic heterocycles. The third-order valence-corrected chi connectivity index (χ3v) is 9.61. The predicted octanol–water partition coefficient (Wildman–Crippen LogP) is 5.01. The molecule has 2 heterocycles. The molecule has 9 heteroatoms. The number of aliphatic hydroxyl groups excluding tert-OH is 1. The van der Waals surface area contributed by atoms with Crippen LogP contribution in [0.4, 0.5) is 5.69 Å². The molecule has 3 aliphatic rings. The number of nitrogens with zero attached hydrogens (tertiary/aromatic N) is 2. The maximum atomic E-state index is 13.3. The topological polar surface area (TPSA) is 99.5 Å². The van der Waals surface area contributed by atoms with Gasteiger partial charge in [0.05, 0.1) is 25.3 Å². The van der Waals surface area contributed by atoms with Crippen molar-refractivity contribution in [3.8, 4) is 5.75 Å². The van der Waals surface area contributed by atoms with Crippen molar-refractivity contribution >= 4 is 29.2 Å². The maximum absolute atomic E-state index is 13.3. The van der Waals surface area contributed by atoms with Crippen molar-refractivity contribution < 1.29 is 29.3 Å². The molecule has 2 aromatic rings. The zero-order chi connectivity index (χ0) is 30.6. The first-order valence-electron chi connectivity index (χ1n) is 15.4. The number of methoxy groups -OCH3 is 1. The van der Waals surface area contributed by atoms with Gasteiger partial charge in [0, 0.05) is 31.7 Å². The number of allylic oxidation sites excluding steroid dienone is 1. The molecule has 0 aromatic heterocycles. The van der Waals surface area contributed by atoms with Gasteiger partial charge in [-0.2, -0.15) is 0 Å². The fraction of sp³-hybridized carbons (Fsp3) is 0.529. The number of benzene rings is 2. The van der Waals surface area contributed by atoms with E-state index in [1.54, 1.807) is 25.2 Å². The predicted molar refractivity (Wildman–Crippen MR) is 166 cm³/mol. The Morgan fingerprint density at radius 1 is 1.09 bits per heavy atom. The smallest absolute Gasteiger partial charge is 0.343 e. The summed E-state index contributed by atoms with van der Waals surface area (Å²) in [4.78, 5) is 30.2. The lowest BCUT2D eigenvalue weighted by Crippen LogP contribution is -2.44. The summed E-state index contributed by atoms with van der Waals surface area (Å²) in [5.41, 5.74) is 1.09. The number of anilines is 1. The minimum Gasteiger partial charge on any atom is -0.487 e. The molecular formula is C34H43ClN2O6. The quantitative estimate of drug-likeness (QED) is 0.346. The van der Waals surface area contributed by atoms with Crippen molar-refractivity contribution in [2.75, 3.05) is 38.7 Å². The van der Waals surface area contributed by atoms with Gasteiger partial charge in [-0.25, -0.2) is 4.79 Å². The van der Waals surface area contributed by atoms with E-state index in [9.17, 15) is 19.8 Å². The standard InChI is InChI=1S/C34H43ClN2O6/c1-36-16-6-3-4-9-30(38)28-14-11-24(28)21-37-17-7-5-8-23-18-27(35)13-10-25(23)22-43-31-15-12-26(19-29(31)37)34(41,20-32(36)39)33(40)42-2/h4,9-10,12-13,15,18-19,24,28,30,38,41H,3,5-8,11,14,16-17,20-22H2,1-2H3/b9-4+/t24-,28+,30-,34+/m0/s1. The summed E-state index contributed by atoms with van der Waals surface area (Å²) in [6.45, 7) is 2.23. The normalized spacial score (nSPS) is 27.7. The van der Waals surface area contributed by atoms with E-state index >= 15 is 0 Å². The Hall–Kier alpha value is -3.07. The fourth-order valence-corrected chi connectivity index (χ4v) is 6.71. The molecule has 1 amide bonds. The number of carbonyl (C=O) groups excluding carboxylic acids is 2. The van der Waals surface area contributed by atoms with E-state index in [-0.39, 0.29) is 23.3 Å². The molecule has 0 saturated heterocycles. The number of esters is 1. The zero-order valence-electron chi connectivity index (χ0n) is 25.1. The average Bonchev–Trinajstić information content (AvgIpc) is 3.01. The monoisotopic (exact) mass is 610 g/mol. The van der Waals surface area contributed by atoms with Gasteiger partial charge in [0.15, 0.2) is 5.60 Å². The minimum absolute atomic E-state index is 0.153. The number of rotatable bonds is 1. The molecule has 4 atom stereocenters. The summed E-state index contributed by atoms with van der Waals surface area (Å²) < 4.78 is 11.5. The SMILES string of the molecule is COC(=O)[C@@]1(O)CC(=O)N(C)CCC/C=C/[C@H](O)[C@@H]2CC[C@H]2CN2CCCCc3cc(Cl)ccc3COc3ccc1cc32. The van der Waals surface area contributed by atoms with Gasteiger partial charge in [-0.1, -0.05) is 35.9 Å². The highest BCUT2D eigenvalue weighted by Gasteiger charge is 2.43. The third-order valence-electron chi connectivity index (χ3n) is 9.38. The third kappa shape index (κ3) is 7.03. The van der Waals surface area contributed by atoms with E-state index in [1.165, 1.54) is 12.0 Å². The molecule has 0 unspecified atom stereocenters. The van der Waals surface area contributed by atoms with Crippen LogP contribution >= 0.6 is 11.6 Å². The molecule has 232 valence electrons. The summed E-state index contributed by atoms with van der Waals surface area (Å²) in [6.07, 6.45) is 9.05. The number of aryl methyl sites for hydroxylation is 1. The van der Waals surface area contributed by atoms with Crippen molar-refractivity contribution in [2.24, 2.45) is 11.8 Å². The van der Waals surface area contributed by atoms with Crippen LogP contribution < -0.4 is 9.64 Å². The van der Waals surface area contributed by atoms with Crippen LogP contribution in [0.5, 0.6) is 5.75 Å². The van der Waals surface area contributed by atoms with Crippen LogP contribution in [-0.2, 0) is 33.0 Å². The minimum atomic E-state index is -2.17. The second-order valence-electron chi connectivity index (χ2n) is 12.2. The van der Waals surface area contributed by atoms with Gasteiger partial charge in [-0.05, 0) is 97.7 Å². The molecule has 0 radical (unpaired) electrons. The lowest BCUT2D eigenvalue weighted by Gasteiger charge is -2.42. The van der Waals surface area contributed by atoms with Crippen LogP contribution in [0.3, 0.4) is 0 Å². The first-order chi connectivity index (χ1) is 20.7. The number of fused-ring (bicyclic) bond motifs is 3. The van der Waals surface area contributed by atoms with Gasteiger partial charge >= 0.3 is 5.97 Å². The number of halogens is 1. The molecule has 2 N–H and O–H groups in total. The van der Waals surface area contributed by atoms with Crippen LogP contribution in [0, 0.1) is 11.8 Å². The van der Waals surface area contributed by atoms with Crippen LogP contribution in [-0.4, -0.2) is 66.9 Å². The molecule has 5 rings (SSSR count). The summed E-state index contributed by atoms with van der Waals surface area (Å²) >= 11 is 6.32. The van der Waals surface area contributed by atoms with Crippen molar-refractivity contribution in [3.05, 3.63) is 70.3 Å². The molecule has 1 fully saturated rings. The van der Waals surface area contributed by atoms with Crippen LogP contribution in [0.2, 0.25) is 5.02 Å². The molecule has 2 aromatic carbocycles. The van der Waals surface area contributed by atoms with Gasteiger partial charge in [0.1, 0.15) is 12.4 Å². The zero-order valence-corrected chi connectivity index (χ0v) is 25.9. The van der Waals surface area contributed by atoms with Gasteiger partial charge in [-0.15, -0.1) is 0 Å². The van der Waals surface area contributed by atoms with E-state index in [0.29, 0.717) is 43.3 Å². The molecule has 2 bridgehead atoms. The molecule has 1 saturated carbocycles. The van der Waals surface area contributed by atoms with E-state index in [1.807, 2.05) is 30.4 Å². The maximum Gasteiger partial charge on any atom is 0.343 e. The fourth-order valence-electron chi connectivity index (χ4n) is 6.51. The van der Waals surface area contributed by atoms with Gasteiger partial charge in [0.25, 0.3) is 0 Å². The second kappa shape index (κ2) is 13.7. The largest absolute Gasteiger partial charge is 0.487 e. The van der Waals surface area contributed by atoms with Crippen LogP contribution in [0.15, 0.2) is 48.6 Å². The van der Waals surface area contributed by atoms with Crippen molar-refractivity contribution in [3.63, 3.8) is 0 Å². The summed E-state index contributed by atoms with van der Waals surface area (Å²) in [7, 11) is 2.89. The highest BCUT2D eigenvalue weighted by molar-refractivity contribution is 6.30. The second-order valence-corrected chi connectivity index (χ2v) is 12.6. The van der Waals surface area contributed by atoms with Crippen molar-refractivity contribution in [1.82, 2.24) is 4.90 Å². The molecule has 8 nitrogen and oxygen atoms in total. The lowest BCUT2D eigenvalue weighted by molar-refractivity contribution is -0.168. The Bertz CT molecular complexity index is 1350. The Morgan fingerprint density at radius 2 is 1.93 bits per heavy atom. The van der Waals surface area contributed by atoms with Crippen molar-refractivity contribution in [2.45, 2.75) is 69.7 Å². The number of hydrogen-bond acceptors (Lipinski definition) is 7. The lowest BCUT2D eigenvalue weighted by atomic mass is 9.70. The molecule has 0 spiro atoms. The Balaban J connectivity index is 1.58.